The first-order valence-corrected chi connectivity index (χ1v) is 5.34. The van der Waals surface area contributed by atoms with E-state index >= 15 is 0 Å². The van der Waals surface area contributed by atoms with Crippen LogP contribution < -0.4 is 16.8 Å². The summed E-state index contributed by atoms with van der Waals surface area (Å²) in [7, 11) is 2.02. The topological polar surface area (TPSA) is 64.1 Å². The molecular formula is C10H23N3. The maximum Gasteiger partial charge on any atom is -0.00233 e. The highest BCUT2D eigenvalue weighted by atomic mass is 14.8. The van der Waals surface area contributed by atoms with Crippen LogP contribution >= 0.6 is 0 Å². The lowest BCUT2D eigenvalue weighted by molar-refractivity contribution is 0.201. The third-order valence-electron chi connectivity index (χ3n) is 3.16. The van der Waals surface area contributed by atoms with Crippen LogP contribution in [0.25, 0.3) is 0 Å². The fourth-order valence-corrected chi connectivity index (χ4v) is 2.54. The molecule has 0 aromatic rings. The Balaban J connectivity index is 2.39. The number of hydrogen-bond acceptors (Lipinski definition) is 3. The van der Waals surface area contributed by atoms with Gasteiger partial charge >= 0.3 is 0 Å². The molecule has 0 bridgehead atoms. The summed E-state index contributed by atoms with van der Waals surface area (Å²) in [5, 5.41) is 3.25. The van der Waals surface area contributed by atoms with E-state index in [0.29, 0.717) is 11.8 Å². The minimum Gasteiger partial charge on any atom is -0.330 e. The highest BCUT2D eigenvalue weighted by Crippen LogP contribution is 2.31. The molecule has 0 aliphatic heterocycles. The highest BCUT2D eigenvalue weighted by molar-refractivity contribution is 4.80. The first kappa shape index (κ1) is 11.0. The lowest BCUT2D eigenvalue weighted by Gasteiger charge is -2.33. The van der Waals surface area contributed by atoms with Crippen molar-refractivity contribution in [1.29, 1.82) is 0 Å². The summed E-state index contributed by atoms with van der Waals surface area (Å²) < 4.78 is 0. The van der Waals surface area contributed by atoms with Crippen molar-refractivity contribution in [2.75, 3.05) is 26.7 Å². The SMILES string of the molecule is CNCC1CC(CN)CC(CN)C1. The van der Waals surface area contributed by atoms with Crippen LogP contribution in [0.4, 0.5) is 0 Å². The maximum atomic E-state index is 5.72. The number of nitrogens with one attached hydrogen (secondary N) is 1. The van der Waals surface area contributed by atoms with E-state index in [9.17, 15) is 0 Å². The van der Waals surface area contributed by atoms with Gasteiger partial charge in [-0.2, -0.15) is 0 Å². The molecule has 3 nitrogen and oxygen atoms in total. The predicted molar refractivity (Wildman–Crippen MR) is 56.4 cm³/mol. The van der Waals surface area contributed by atoms with E-state index in [1.165, 1.54) is 19.3 Å². The summed E-state index contributed by atoms with van der Waals surface area (Å²) in [6.07, 6.45) is 3.81. The second kappa shape index (κ2) is 5.58. The number of rotatable bonds is 4. The van der Waals surface area contributed by atoms with Crippen molar-refractivity contribution >= 4 is 0 Å². The molecule has 0 spiro atoms. The van der Waals surface area contributed by atoms with Gasteiger partial charge in [0.2, 0.25) is 0 Å². The van der Waals surface area contributed by atoms with Crippen LogP contribution in [-0.2, 0) is 0 Å². The van der Waals surface area contributed by atoms with Gasteiger partial charge < -0.3 is 16.8 Å². The lowest BCUT2D eigenvalue weighted by atomic mass is 9.75. The monoisotopic (exact) mass is 185 g/mol. The van der Waals surface area contributed by atoms with Crippen molar-refractivity contribution in [1.82, 2.24) is 5.32 Å². The Hall–Kier alpha value is -0.120. The first-order chi connectivity index (χ1) is 6.30. The van der Waals surface area contributed by atoms with Crippen LogP contribution in [0.2, 0.25) is 0 Å². The van der Waals surface area contributed by atoms with Crippen LogP contribution in [0.1, 0.15) is 19.3 Å². The zero-order valence-corrected chi connectivity index (χ0v) is 8.63. The molecule has 0 aromatic heterocycles. The Labute approximate surface area is 81.2 Å². The summed E-state index contributed by atoms with van der Waals surface area (Å²) in [4.78, 5) is 0. The lowest BCUT2D eigenvalue weighted by Crippen LogP contribution is -2.34. The Morgan fingerprint density at radius 1 is 1.00 bits per heavy atom. The zero-order chi connectivity index (χ0) is 9.68. The summed E-state index contributed by atoms with van der Waals surface area (Å²) in [6, 6.07) is 0. The molecule has 2 atom stereocenters. The van der Waals surface area contributed by atoms with E-state index in [2.05, 4.69) is 5.32 Å². The van der Waals surface area contributed by atoms with Gasteiger partial charge in [0, 0.05) is 0 Å². The third-order valence-corrected chi connectivity index (χ3v) is 3.16. The fraction of sp³-hybridized carbons (Fsp3) is 1.00. The first-order valence-electron chi connectivity index (χ1n) is 5.34. The number of hydrogen-bond donors (Lipinski definition) is 3. The van der Waals surface area contributed by atoms with Crippen molar-refractivity contribution < 1.29 is 0 Å². The Bertz CT molecular complexity index is 126. The smallest absolute Gasteiger partial charge is 0.00233 e. The minimum absolute atomic E-state index is 0.709. The average Bonchev–Trinajstić information content (AvgIpc) is 2.17. The van der Waals surface area contributed by atoms with E-state index in [1.807, 2.05) is 7.05 Å². The molecule has 1 rings (SSSR count). The summed E-state index contributed by atoms with van der Waals surface area (Å²) in [6.45, 7) is 2.78. The van der Waals surface area contributed by atoms with Crippen LogP contribution in [0.15, 0.2) is 0 Å². The van der Waals surface area contributed by atoms with Gasteiger partial charge in [-0.25, -0.2) is 0 Å². The minimum atomic E-state index is 0.709. The molecule has 1 fully saturated rings. The molecule has 0 aromatic carbocycles. The highest BCUT2D eigenvalue weighted by Gasteiger charge is 2.26. The van der Waals surface area contributed by atoms with Crippen molar-refractivity contribution in [3.8, 4) is 0 Å². The van der Waals surface area contributed by atoms with E-state index in [4.69, 9.17) is 11.5 Å². The average molecular weight is 185 g/mol. The quantitative estimate of drug-likeness (QED) is 0.584. The molecule has 3 heteroatoms. The van der Waals surface area contributed by atoms with Gasteiger partial charge in [-0.1, -0.05) is 0 Å². The molecule has 1 aliphatic carbocycles. The Morgan fingerprint density at radius 3 is 1.85 bits per heavy atom. The van der Waals surface area contributed by atoms with Crippen molar-refractivity contribution in [2.24, 2.45) is 29.2 Å². The van der Waals surface area contributed by atoms with Gasteiger partial charge in [-0.3, -0.25) is 0 Å². The van der Waals surface area contributed by atoms with Gasteiger partial charge in [0.05, 0.1) is 0 Å². The van der Waals surface area contributed by atoms with Crippen LogP contribution in [0, 0.1) is 17.8 Å². The molecule has 0 radical (unpaired) electrons. The summed E-state index contributed by atoms with van der Waals surface area (Å²) in [5.41, 5.74) is 11.4. The van der Waals surface area contributed by atoms with Crippen molar-refractivity contribution in [3.05, 3.63) is 0 Å². The standard InChI is InChI=1S/C10H23N3/c1-13-7-10-3-8(5-11)2-9(4-10)6-12/h8-10,13H,2-7,11-12H2,1H3. The molecule has 78 valence electrons. The second-order valence-electron chi connectivity index (χ2n) is 4.33. The summed E-state index contributed by atoms with van der Waals surface area (Å²) >= 11 is 0. The molecule has 0 saturated heterocycles. The largest absolute Gasteiger partial charge is 0.330 e. The molecule has 2 unspecified atom stereocenters. The summed E-state index contributed by atoms with van der Waals surface area (Å²) in [5.74, 6) is 2.21. The van der Waals surface area contributed by atoms with Crippen LogP contribution in [-0.4, -0.2) is 26.7 Å². The molecule has 0 amide bonds. The maximum absolute atomic E-state index is 5.72. The molecule has 0 heterocycles. The van der Waals surface area contributed by atoms with E-state index in [0.717, 1.165) is 25.6 Å². The van der Waals surface area contributed by atoms with E-state index in [-0.39, 0.29) is 0 Å². The van der Waals surface area contributed by atoms with Crippen molar-refractivity contribution in [3.63, 3.8) is 0 Å². The number of nitrogens with two attached hydrogens (primary N) is 2. The van der Waals surface area contributed by atoms with Gasteiger partial charge in [0.25, 0.3) is 0 Å². The predicted octanol–water partition coefficient (Wildman–Crippen LogP) is 0.156. The molecular weight excluding hydrogens is 162 g/mol. The van der Waals surface area contributed by atoms with Crippen LogP contribution in [0.5, 0.6) is 0 Å². The Kier molecular flexibility index (Phi) is 4.70. The van der Waals surface area contributed by atoms with E-state index < -0.39 is 0 Å². The van der Waals surface area contributed by atoms with Gasteiger partial charge in [-0.05, 0) is 63.7 Å². The van der Waals surface area contributed by atoms with Crippen LogP contribution in [0.3, 0.4) is 0 Å². The van der Waals surface area contributed by atoms with Gasteiger partial charge in [0.1, 0.15) is 0 Å². The Morgan fingerprint density at radius 2 is 1.46 bits per heavy atom. The second-order valence-corrected chi connectivity index (χ2v) is 4.33. The third kappa shape index (κ3) is 3.25. The van der Waals surface area contributed by atoms with Crippen molar-refractivity contribution in [2.45, 2.75) is 19.3 Å². The molecule has 1 saturated carbocycles. The zero-order valence-electron chi connectivity index (χ0n) is 8.63. The normalized spacial score (nSPS) is 34.8. The molecule has 1 aliphatic rings. The van der Waals surface area contributed by atoms with Gasteiger partial charge in [-0.15, -0.1) is 0 Å². The van der Waals surface area contributed by atoms with E-state index in [1.54, 1.807) is 0 Å². The van der Waals surface area contributed by atoms with Gasteiger partial charge in [0.15, 0.2) is 0 Å². The fourth-order valence-electron chi connectivity index (χ4n) is 2.54. The molecule has 13 heavy (non-hydrogen) atoms. The molecule has 5 N–H and O–H groups in total.